The van der Waals surface area contributed by atoms with E-state index in [1.165, 1.54) is 5.56 Å². The lowest BCUT2D eigenvalue weighted by Gasteiger charge is -2.08. The van der Waals surface area contributed by atoms with Gasteiger partial charge in [-0.3, -0.25) is 4.79 Å². The molecule has 0 aliphatic carbocycles. The largest absolute Gasteiger partial charge is 0.294 e. The molecular weight excluding hydrogens is 268 g/mol. The Bertz CT molecular complexity index is 612. The van der Waals surface area contributed by atoms with Crippen LogP contribution in [0.3, 0.4) is 0 Å². The van der Waals surface area contributed by atoms with Crippen molar-refractivity contribution in [1.82, 2.24) is 0 Å². The van der Waals surface area contributed by atoms with Gasteiger partial charge in [-0.15, -0.1) is 0 Å². The zero-order valence-corrected chi connectivity index (χ0v) is 12.9. The van der Waals surface area contributed by atoms with E-state index in [0.29, 0.717) is 17.4 Å². The molecule has 0 radical (unpaired) electrons. The lowest BCUT2D eigenvalue weighted by molar-refractivity contribution is 0.0993. The Kier molecular flexibility index (Phi) is 4.61. The first-order valence-electron chi connectivity index (χ1n) is 6.85. The number of halogens is 1. The van der Waals surface area contributed by atoms with Crippen LogP contribution in [0.15, 0.2) is 42.5 Å². The Morgan fingerprint density at radius 2 is 1.75 bits per heavy atom. The van der Waals surface area contributed by atoms with E-state index in [4.69, 9.17) is 11.6 Å². The molecule has 0 N–H and O–H groups in total. The molecule has 0 aliphatic heterocycles. The average Bonchev–Trinajstić information content (AvgIpc) is 2.42. The summed E-state index contributed by atoms with van der Waals surface area (Å²) in [5.74, 6) is 0.580. The van der Waals surface area contributed by atoms with Crippen LogP contribution in [0.25, 0.3) is 0 Å². The number of rotatable bonds is 4. The summed E-state index contributed by atoms with van der Waals surface area (Å²) in [5, 5.41) is 0.664. The molecule has 2 aromatic carbocycles. The van der Waals surface area contributed by atoms with Crippen molar-refractivity contribution in [3.63, 3.8) is 0 Å². The van der Waals surface area contributed by atoms with E-state index in [0.717, 1.165) is 16.7 Å². The van der Waals surface area contributed by atoms with E-state index < -0.39 is 0 Å². The second kappa shape index (κ2) is 6.23. The summed E-state index contributed by atoms with van der Waals surface area (Å²) >= 11 is 6.18. The van der Waals surface area contributed by atoms with Gasteiger partial charge in [0, 0.05) is 17.0 Å². The van der Waals surface area contributed by atoms with Gasteiger partial charge in [-0.1, -0.05) is 61.8 Å². The van der Waals surface area contributed by atoms with Crippen LogP contribution in [-0.4, -0.2) is 5.78 Å². The highest BCUT2D eigenvalue weighted by Gasteiger charge is 2.10. The molecule has 0 saturated heterocycles. The molecule has 0 atom stereocenters. The van der Waals surface area contributed by atoms with Crippen molar-refractivity contribution in [2.45, 2.75) is 33.1 Å². The molecule has 0 spiro atoms. The number of Topliss-reactive ketones (excluding diaryl/α,β-unsaturated/α-hetero) is 1. The Morgan fingerprint density at radius 3 is 2.30 bits per heavy atom. The summed E-state index contributed by atoms with van der Waals surface area (Å²) in [6.07, 6.45) is 0.347. The minimum atomic E-state index is 0.103. The second-order valence-electron chi connectivity index (χ2n) is 5.47. The molecule has 104 valence electrons. The monoisotopic (exact) mass is 286 g/mol. The minimum absolute atomic E-state index is 0.103. The number of benzene rings is 2. The van der Waals surface area contributed by atoms with E-state index in [1.807, 2.05) is 49.4 Å². The zero-order valence-electron chi connectivity index (χ0n) is 12.1. The predicted molar refractivity (Wildman–Crippen MR) is 84.8 cm³/mol. The van der Waals surface area contributed by atoms with Crippen molar-refractivity contribution in [3.8, 4) is 0 Å². The summed E-state index contributed by atoms with van der Waals surface area (Å²) in [6.45, 7) is 6.27. The van der Waals surface area contributed by atoms with Gasteiger partial charge in [-0.2, -0.15) is 0 Å². The standard InChI is InChI=1S/C18H19ClO/c1-12(2)14-6-8-15(9-7-14)18(20)11-16-5-4-13(3)10-17(16)19/h4-10,12H,11H2,1-3H3. The normalized spacial score (nSPS) is 10.8. The zero-order chi connectivity index (χ0) is 14.7. The molecule has 0 bridgehead atoms. The lowest BCUT2D eigenvalue weighted by atomic mass is 9.98. The maximum absolute atomic E-state index is 12.3. The fourth-order valence-corrected chi connectivity index (χ4v) is 2.43. The molecule has 0 aromatic heterocycles. The highest BCUT2D eigenvalue weighted by molar-refractivity contribution is 6.31. The number of hydrogen-bond donors (Lipinski definition) is 0. The number of aryl methyl sites for hydroxylation is 1. The van der Waals surface area contributed by atoms with Gasteiger partial charge in [0.1, 0.15) is 0 Å². The first-order chi connectivity index (χ1) is 9.47. The Labute approximate surface area is 125 Å². The van der Waals surface area contributed by atoms with Crippen molar-refractivity contribution >= 4 is 17.4 Å². The van der Waals surface area contributed by atoms with Gasteiger partial charge in [0.2, 0.25) is 0 Å². The predicted octanol–water partition coefficient (Wildman–Crippen LogP) is 5.20. The molecular formula is C18H19ClO. The molecule has 20 heavy (non-hydrogen) atoms. The Balaban J connectivity index is 2.15. The maximum Gasteiger partial charge on any atom is 0.167 e. The molecule has 1 nitrogen and oxygen atoms in total. The Morgan fingerprint density at radius 1 is 1.10 bits per heavy atom. The maximum atomic E-state index is 12.3. The fourth-order valence-electron chi connectivity index (χ4n) is 2.12. The lowest BCUT2D eigenvalue weighted by Crippen LogP contribution is -2.04. The molecule has 2 rings (SSSR count). The van der Waals surface area contributed by atoms with Crippen LogP contribution in [0, 0.1) is 6.92 Å². The molecule has 0 heterocycles. The first kappa shape index (κ1) is 14.8. The molecule has 2 aromatic rings. The molecule has 0 saturated carbocycles. The van der Waals surface area contributed by atoms with Crippen molar-refractivity contribution < 1.29 is 4.79 Å². The number of hydrogen-bond acceptors (Lipinski definition) is 1. The van der Waals surface area contributed by atoms with Crippen LogP contribution in [0.2, 0.25) is 5.02 Å². The number of carbonyl (C=O) groups is 1. The van der Waals surface area contributed by atoms with Crippen molar-refractivity contribution in [2.24, 2.45) is 0 Å². The fraction of sp³-hybridized carbons (Fsp3) is 0.278. The highest BCUT2D eigenvalue weighted by atomic mass is 35.5. The second-order valence-corrected chi connectivity index (χ2v) is 5.88. The van der Waals surface area contributed by atoms with Gasteiger partial charge in [-0.05, 0) is 35.6 Å². The van der Waals surface area contributed by atoms with Gasteiger partial charge < -0.3 is 0 Å². The van der Waals surface area contributed by atoms with Gasteiger partial charge in [0.05, 0.1) is 0 Å². The average molecular weight is 287 g/mol. The van der Waals surface area contributed by atoms with Gasteiger partial charge in [0.15, 0.2) is 5.78 Å². The quantitative estimate of drug-likeness (QED) is 0.706. The van der Waals surface area contributed by atoms with Crippen molar-refractivity contribution in [2.75, 3.05) is 0 Å². The van der Waals surface area contributed by atoms with Crippen LogP contribution in [0.1, 0.15) is 46.8 Å². The van der Waals surface area contributed by atoms with E-state index in [2.05, 4.69) is 13.8 Å². The number of carbonyl (C=O) groups excluding carboxylic acids is 1. The Hall–Kier alpha value is -1.60. The SMILES string of the molecule is Cc1ccc(CC(=O)c2ccc(C(C)C)cc2)c(Cl)c1. The highest BCUT2D eigenvalue weighted by Crippen LogP contribution is 2.20. The van der Waals surface area contributed by atoms with Crippen molar-refractivity contribution in [1.29, 1.82) is 0 Å². The van der Waals surface area contributed by atoms with Crippen molar-refractivity contribution in [3.05, 3.63) is 69.7 Å². The summed E-state index contributed by atoms with van der Waals surface area (Å²) in [5.41, 5.74) is 3.98. The van der Waals surface area contributed by atoms with Gasteiger partial charge in [0.25, 0.3) is 0 Å². The van der Waals surface area contributed by atoms with Gasteiger partial charge >= 0.3 is 0 Å². The summed E-state index contributed by atoms with van der Waals surface area (Å²) in [6, 6.07) is 13.7. The third kappa shape index (κ3) is 3.49. The third-order valence-corrected chi connectivity index (χ3v) is 3.81. The smallest absolute Gasteiger partial charge is 0.167 e. The van der Waals surface area contributed by atoms with E-state index >= 15 is 0 Å². The van der Waals surface area contributed by atoms with Crippen LogP contribution < -0.4 is 0 Å². The van der Waals surface area contributed by atoms with Crippen LogP contribution in [0.5, 0.6) is 0 Å². The van der Waals surface area contributed by atoms with E-state index in [9.17, 15) is 4.79 Å². The van der Waals surface area contributed by atoms with E-state index in [1.54, 1.807) is 0 Å². The van der Waals surface area contributed by atoms with Gasteiger partial charge in [-0.25, -0.2) is 0 Å². The summed E-state index contributed by atoms with van der Waals surface area (Å²) < 4.78 is 0. The van der Waals surface area contributed by atoms with Crippen LogP contribution in [-0.2, 0) is 6.42 Å². The topological polar surface area (TPSA) is 17.1 Å². The number of ketones is 1. The first-order valence-corrected chi connectivity index (χ1v) is 7.23. The third-order valence-electron chi connectivity index (χ3n) is 3.46. The van der Waals surface area contributed by atoms with Crippen LogP contribution >= 0.6 is 11.6 Å². The van der Waals surface area contributed by atoms with Crippen LogP contribution in [0.4, 0.5) is 0 Å². The minimum Gasteiger partial charge on any atom is -0.294 e. The summed E-state index contributed by atoms with van der Waals surface area (Å²) in [4.78, 5) is 12.3. The van der Waals surface area contributed by atoms with E-state index in [-0.39, 0.29) is 5.78 Å². The molecule has 0 aliphatic rings. The molecule has 2 heteroatoms. The molecule has 0 unspecified atom stereocenters. The molecule has 0 fully saturated rings. The molecule has 0 amide bonds. The summed E-state index contributed by atoms with van der Waals surface area (Å²) in [7, 11) is 0.